The fourth-order valence-electron chi connectivity index (χ4n) is 2.51. The highest BCUT2D eigenvalue weighted by Crippen LogP contribution is 2.46. The molecule has 4 nitrogen and oxygen atoms in total. The third-order valence-electron chi connectivity index (χ3n) is 3.64. The van der Waals surface area contributed by atoms with Crippen LogP contribution in [0.3, 0.4) is 0 Å². The van der Waals surface area contributed by atoms with Gasteiger partial charge in [0, 0.05) is 36.6 Å². The van der Waals surface area contributed by atoms with Crippen LogP contribution in [0.1, 0.15) is 11.1 Å². The van der Waals surface area contributed by atoms with Gasteiger partial charge in [0.05, 0.1) is 5.69 Å². The van der Waals surface area contributed by atoms with E-state index in [-0.39, 0.29) is 0 Å². The van der Waals surface area contributed by atoms with Gasteiger partial charge in [-0.3, -0.25) is 4.98 Å². The van der Waals surface area contributed by atoms with E-state index in [1.54, 1.807) is 17.4 Å². The highest BCUT2D eigenvalue weighted by atomic mass is 35.5. The highest BCUT2D eigenvalue weighted by Gasteiger charge is 2.47. The Hall–Kier alpha value is -1.04. The van der Waals surface area contributed by atoms with E-state index in [2.05, 4.69) is 10.4 Å². The topological polar surface area (TPSA) is 37.4 Å². The van der Waals surface area contributed by atoms with Crippen LogP contribution in [0.25, 0.3) is 0 Å². The number of rotatable bonds is 3. The molecule has 1 aliphatic rings. The lowest BCUT2D eigenvalue weighted by Crippen LogP contribution is -2.51. The molecule has 7 heteroatoms. The molecule has 0 radical (unpaired) electrons. The smallest absolute Gasteiger partial charge is 0.198 e. The molecule has 0 fully saturated rings. The summed E-state index contributed by atoms with van der Waals surface area (Å²) < 4.78 is 5.52. The number of alkyl halides is 2. The summed E-state index contributed by atoms with van der Waals surface area (Å²) in [6.45, 7) is 0.503. The minimum absolute atomic E-state index is 0.503. The van der Waals surface area contributed by atoms with Crippen LogP contribution in [0.15, 0.2) is 42.7 Å². The van der Waals surface area contributed by atoms with Gasteiger partial charge in [0.15, 0.2) is 10.6 Å². The van der Waals surface area contributed by atoms with Gasteiger partial charge in [-0.05, 0) is 23.8 Å². The zero-order valence-electron chi connectivity index (χ0n) is 11.8. The minimum Gasteiger partial charge on any atom is -0.356 e. The number of halogens is 3. The van der Waals surface area contributed by atoms with Crippen LogP contribution < -0.4 is 5.43 Å². The molecule has 0 spiro atoms. The van der Waals surface area contributed by atoms with Crippen molar-refractivity contribution in [2.45, 2.75) is 17.1 Å². The summed E-state index contributed by atoms with van der Waals surface area (Å²) in [5.74, 6) is 0. The number of methoxy groups -OCH3 is 1. The van der Waals surface area contributed by atoms with Crippen LogP contribution in [-0.4, -0.2) is 22.6 Å². The van der Waals surface area contributed by atoms with Gasteiger partial charge in [0.1, 0.15) is 0 Å². The van der Waals surface area contributed by atoms with Crippen molar-refractivity contribution in [2.24, 2.45) is 0 Å². The number of aromatic nitrogens is 1. The van der Waals surface area contributed by atoms with E-state index in [0.29, 0.717) is 11.6 Å². The van der Waals surface area contributed by atoms with E-state index in [1.165, 1.54) is 7.11 Å². The molecule has 0 saturated heterocycles. The van der Waals surface area contributed by atoms with Gasteiger partial charge in [0.2, 0.25) is 0 Å². The number of hydrogen-bond acceptors (Lipinski definition) is 4. The SMILES string of the molecule is COC1(Cl)c2cccc(Cl)c2CN(Nc2ccncc2)C1Cl. The first kappa shape index (κ1) is 15.8. The zero-order chi connectivity index (χ0) is 15.7. The first-order chi connectivity index (χ1) is 10.6. The van der Waals surface area contributed by atoms with Crippen LogP contribution >= 0.6 is 34.8 Å². The van der Waals surface area contributed by atoms with Crippen LogP contribution in [-0.2, 0) is 16.3 Å². The van der Waals surface area contributed by atoms with Gasteiger partial charge in [-0.1, -0.05) is 46.9 Å². The fourth-order valence-corrected chi connectivity index (χ4v) is 3.37. The van der Waals surface area contributed by atoms with Crippen LogP contribution in [0.4, 0.5) is 5.69 Å². The van der Waals surface area contributed by atoms with E-state index in [4.69, 9.17) is 39.5 Å². The molecule has 2 heterocycles. The number of hydrazine groups is 1. The summed E-state index contributed by atoms with van der Waals surface area (Å²) >= 11 is 19.6. The second-order valence-electron chi connectivity index (χ2n) is 4.93. The van der Waals surface area contributed by atoms with E-state index in [9.17, 15) is 0 Å². The second kappa shape index (κ2) is 6.22. The second-order valence-corrected chi connectivity index (χ2v) is 6.31. The van der Waals surface area contributed by atoms with Crippen molar-refractivity contribution in [1.82, 2.24) is 9.99 Å². The molecule has 116 valence electrons. The van der Waals surface area contributed by atoms with E-state index >= 15 is 0 Å². The normalized spacial score (nSPS) is 24.8. The Morgan fingerprint density at radius 2 is 2.05 bits per heavy atom. The van der Waals surface area contributed by atoms with Crippen molar-refractivity contribution in [3.05, 3.63) is 58.9 Å². The molecule has 1 aromatic carbocycles. The Labute approximate surface area is 143 Å². The lowest BCUT2D eigenvalue weighted by Gasteiger charge is -2.43. The van der Waals surface area contributed by atoms with Crippen LogP contribution in [0, 0.1) is 0 Å². The predicted molar refractivity (Wildman–Crippen MR) is 89.0 cm³/mol. The largest absolute Gasteiger partial charge is 0.356 e. The number of pyridine rings is 1. The lowest BCUT2D eigenvalue weighted by atomic mass is 9.97. The molecule has 22 heavy (non-hydrogen) atoms. The van der Waals surface area contributed by atoms with Crippen molar-refractivity contribution in [2.75, 3.05) is 12.5 Å². The Kier molecular flexibility index (Phi) is 4.48. The molecule has 1 aromatic heterocycles. The van der Waals surface area contributed by atoms with Gasteiger partial charge in [0.25, 0.3) is 0 Å². The number of fused-ring (bicyclic) bond motifs is 1. The summed E-state index contributed by atoms with van der Waals surface area (Å²) in [6.07, 6.45) is 3.39. The van der Waals surface area contributed by atoms with Crippen molar-refractivity contribution in [3.8, 4) is 0 Å². The summed E-state index contributed by atoms with van der Waals surface area (Å²) in [4.78, 5) is 3.99. The third-order valence-corrected chi connectivity index (χ3v) is 5.22. The minimum atomic E-state index is -1.19. The maximum Gasteiger partial charge on any atom is 0.198 e. The third kappa shape index (κ3) is 2.66. The standard InChI is InChI=1S/C15H14Cl3N3O/c1-22-15(18)12-3-2-4-13(16)11(12)9-21(14(15)17)20-10-5-7-19-8-6-10/h2-8,14H,9H2,1H3,(H,19,20). The Balaban J connectivity index is 2.00. The zero-order valence-corrected chi connectivity index (χ0v) is 14.0. The van der Waals surface area contributed by atoms with Gasteiger partial charge in [-0.2, -0.15) is 5.01 Å². The monoisotopic (exact) mass is 357 g/mol. The van der Waals surface area contributed by atoms with Gasteiger partial charge in [-0.25, -0.2) is 0 Å². The molecule has 2 unspecified atom stereocenters. The van der Waals surface area contributed by atoms with Gasteiger partial charge >= 0.3 is 0 Å². The van der Waals surface area contributed by atoms with Gasteiger partial charge in [-0.15, -0.1) is 0 Å². The molecule has 0 amide bonds. The fraction of sp³-hybridized carbons (Fsp3) is 0.267. The molecule has 2 aromatic rings. The quantitative estimate of drug-likeness (QED) is 0.660. The number of anilines is 1. The predicted octanol–water partition coefficient (Wildman–Crippen LogP) is 4.18. The van der Waals surface area contributed by atoms with Crippen LogP contribution in [0.5, 0.6) is 0 Å². The molecule has 3 rings (SSSR count). The number of ether oxygens (including phenoxy) is 1. The molecule has 1 N–H and O–H groups in total. The maximum absolute atomic E-state index is 6.67. The van der Waals surface area contributed by atoms with Crippen molar-refractivity contribution in [1.29, 1.82) is 0 Å². The summed E-state index contributed by atoms with van der Waals surface area (Å²) in [6, 6.07) is 9.24. The molecular formula is C15H14Cl3N3O. The van der Waals surface area contributed by atoms with E-state index < -0.39 is 10.6 Å². The lowest BCUT2D eigenvalue weighted by molar-refractivity contribution is 0.00269. The molecule has 0 aliphatic carbocycles. The van der Waals surface area contributed by atoms with Gasteiger partial charge < -0.3 is 10.2 Å². The summed E-state index contributed by atoms with van der Waals surface area (Å²) in [5, 5.41) is 1.23. The van der Waals surface area contributed by atoms with Crippen molar-refractivity contribution < 1.29 is 4.74 Å². The van der Waals surface area contributed by atoms with Crippen LogP contribution in [0.2, 0.25) is 5.02 Å². The number of hydrogen-bond donors (Lipinski definition) is 1. The molecule has 1 aliphatic heterocycles. The molecule has 0 bridgehead atoms. The maximum atomic E-state index is 6.67. The molecule has 0 saturated carbocycles. The Bertz CT molecular complexity index is 670. The van der Waals surface area contributed by atoms with Crippen molar-refractivity contribution in [3.63, 3.8) is 0 Å². The Morgan fingerprint density at radius 1 is 1.32 bits per heavy atom. The highest BCUT2D eigenvalue weighted by molar-refractivity contribution is 6.33. The number of nitrogens with zero attached hydrogens (tertiary/aromatic N) is 2. The molecule has 2 atom stereocenters. The number of nitrogens with one attached hydrogen (secondary N) is 1. The summed E-state index contributed by atoms with van der Waals surface area (Å²) in [5.41, 5.74) is 5.13. The molecular weight excluding hydrogens is 345 g/mol. The van der Waals surface area contributed by atoms with E-state index in [0.717, 1.165) is 16.8 Å². The van der Waals surface area contributed by atoms with E-state index in [1.807, 2.05) is 30.3 Å². The summed E-state index contributed by atoms with van der Waals surface area (Å²) in [7, 11) is 1.53. The Morgan fingerprint density at radius 3 is 2.73 bits per heavy atom. The van der Waals surface area contributed by atoms with Crippen molar-refractivity contribution >= 4 is 40.5 Å². The first-order valence-corrected chi connectivity index (χ1v) is 7.85. The average molecular weight is 359 g/mol. The number of benzene rings is 1. The average Bonchev–Trinajstić information content (AvgIpc) is 2.54. The first-order valence-electron chi connectivity index (χ1n) is 6.65.